The van der Waals surface area contributed by atoms with E-state index in [1.165, 1.54) is 11.3 Å². The van der Waals surface area contributed by atoms with Crippen molar-refractivity contribution >= 4 is 28.0 Å². The average molecular weight is 327 g/mol. The SMILES string of the molecule is Cc1cccn2c(CC(=O)N3CCc4nc(N)sc4C3)cnc12. The molecule has 4 rings (SSSR count). The van der Waals surface area contributed by atoms with E-state index in [1.54, 1.807) is 6.20 Å². The maximum atomic E-state index is 12.6. The van der Waals surface area contributed by atoms with Gasteiger partial charge in [-0.05, 0) is 18.6 Å². The summed E-state index contributed by atoms with van der Waals surface area (Å²) in [6, 6.07) is 4.00. The van der Waals surface area contributed by atoms with Crippen LogP contribution < -0.4 is 5.73 Å². The zero-order valence-corrected chi connectivity index (χ0v) is 13.6. The lowest BCUT2D eigenvalue weighted by Gasteiger charge is -2.26. The third kappa shape index (κ3) is 2.46. The number of aromatic nitrogens is 3. The molecule has 7 heteroatoms. The number of nitrogens with zero attached hydrogens (tertiary/aromatic N) is 4. The number of pyridine rings is 1. The Bertz CT molecular complexity index is 897. The van der Waals surface area contributed by atoms with Crippen LogP contribution in [-0.2, 0) is 24.2 Å². The predicted molar refractivity (Wildman–Crippen MR) is 89.3 cm³/mol. The fourth-order valence-electron chi connectivity index (χ4n) is 3.03. The van der Waals surface area contributed by atoms with Crippen molar-refractivity contribution in [3.8, 4) is 0 Å². The van der Waals surface area contributed by atoms with Crippen LogP contribution in [0.2, 0.25) is 0 Å². The Morgan fingerprint density at radius 1 is 1.48 bits per heavy atom. The first-order valence-corrected chi connectivity index (χ1v) is 8.37. The molecule has 0 fully saturated rings. The number of hydrogen-bond donors (Lipinski definition) is 1. The molecule has 1 aliphatic rings. The lowest BCUT2D eigenvalue weighted by molar-refractivity contribution is -0.131. The first-order chi connectivity index (χ1) is 11.1. The third-order valence-electron chi connectivity index (χ3n) is 4.24. The number of nitrogen functional groups attached to an aromatic ring is 1. The number of fused-ring (bicyclic) bond motifs is 2. The number of nitrogens with two attached hydrogens (primary N) is 1. The lowest BCUT2D eigenvalue weighted by Crippen LogP contribution is -2.36. The molecule has 6 nitrogen and oxygen atoms in total. The van der Waals surface area contributed by atoms with Gasteiger partial charge in [0.25, 0.3) is 0 Å². The number of hydrogen-bond acceptors (Lipinski definition) is 5. The number of aryl methyl sites for hydroxylation is 1. The summed E-state index contributed by atoms with van der Waals surface area (Å²) in [7, 11) is 0. The molecule has 4 heterocycles. The number of thiazole rings is 1. The van der Waals surface area contributed by atoms with Crippen LogP contribution in [0.3, 0.4) is 0 Å². The van der Waals surface area contributed by atoms with E-state index >= 15 is 0 Å². The fourth-order valence-corrected chi connectivity index (χ4v) is 3.92. The van der Waals surface area contributed by atoms with Crippen molar-refractivity contribution in [2.24, 2.45) is 0 Å². The highest BCUT2D eigenvalue weighted by Crippen LogP contribution is 2.26. The van der Waals surface area contributed by atoms with Crippen LogP contribution in [0.1, 0.15) is 21.8 Å². The number of carbonyl (C=O) groups excluding carboxylic acids is 1. The molecule has 3 aromatic heterocycles. The maximum absolute atomic E-state index is 12.6. The molecule has 2 N–H and O–H groups in total. The minimum atomic E-state index is 0.117. The van der Waals surface area contributed by atoms with Crippen molar-refractivity contribution in [1.82, 2.24) is 19.3 Å². The summed E-state index contributed by atoms with van der Waals surface area (Å²) in [5.74, 6) is 0.117. The summed E-state index contributed by atoms with van der Waals surface area (Å²) in [6.45, 7) is 3.33. The van der Waals surface area contributed by atoms with Gasteiger partial charge in [0.1, 0.15) is 5.65 Å². The summed E-state index contributed by atoms with van der Waals surface area (Å²) in [5, 5.41) is 0.585. The predicted octanol–water partition coefficient (Wildman–Crippen LogP) is 1.81. The lowest BCUT2D eigenvalue weighted by atomic mass is 10.1. The Balaban J connectivity index is 1.55. The molecule has 3 aromatic rings. The Morgan fingerprint density at radius 2 is 2.35 bits per heavy atom. The molecule has 0 saturated carbocycles. The largest absolute Gasteiger partial charge is 0.375 e. The van der Waals surface area contributed by atoms with Gasteiger partial charge in [0.2, 0.25) is 5.91 Å². The van der Waals surface area contributed by atoms with Gasteiger partial charge in [0.15, 0.2) is 5.13 Å². The van der Waals surface area contributed by atoms with Gasteiger partial charge in [-0.25, -0.2) is 9.97 Å². The van der Waals surface area contributed by atoms with Crippen molar-refractivity contribution in [2.45, 2.75) is 26.3 Å². The van der Waals surface area contributed by atoms with E-state index < -0.39 is 0 Å². The number of amides is 1. The Hall–Kier alpha value is -2.41. The second-order valence-electron chi connectivity index (χ2n) is 5.80. The average Bonchev–Trinajstić information content (AvgIpc) is 3.10. The molecule has 0 atom stereocenters. The third-order valence-corrected chi connectivity index (χ3v) is 5.15. The van der Waals surface area contributed by atoms with Crippen LogP contribution in [0, 0.1) is 6.92 Å². The summed E-state index contributed by atoms with van der Waals surface area (Å²) in [5.41, 5.74) is 9.74. The normalized spacial score (nSPS) is 14.2. The highest BCUT2D eigenvalue weighted by Gasteiger charge is 2.24. The van der Waals surface area contributed by atoms with E-state index in [0.29, 0.717) is 24.6 Å². The van der Waals surface area contributed by atoms with Gasteiger partial charge < -0.3 is 15.0 Å². The second kappa shape index (κ2) is 5.34. The topological polar surface area (TPSA) is 76.5 Å². The molecule has 1 amide bonds. The van der Waals surface area contributed by atoms with Gasteiger partial charge in [-0.2, -0.15) is 0 Å². The number of anilines is 1. The van der Waals surface area contributed by atoms with E-state index in [2.05, 4.69) is 9.97 Å². The Labute approximate surface area is 137 Å². The van der Waals surface area contributed by atoms with Gasteiger partial charge in [-0.1, -0.05) is 6.07 Å². The molecule has 0 bridgehead atoms. The van der Waals surface area contributed by atoms with E-state index in [-0.39, 0.29) is 5.91 Å². The molecular formula is C16H17N5OS. The van der Waals surface area contributed by atoms with Crippen LogP contribution in [-0.4, -0.2) is 31.7 Å². The van der Waals surface area contributed by atoms with Gasteiger partial charge in [0, 0.05) is 30.2 Å². The minimum Gasteiger partial charge on any atom is -0.375 e. The quantitative estimate of drug-likeness (QED) is 0.779. The number of rotatable bonds is 2. The van der Waals surface area contributed by atoms with Crippen LogP contribution in [0.15, 0.2) is 24.5 Å². The molecule has 0 saturated heterocycles. The second-order valence-corrected chi connectivity index (χ2v) is 6.91. The van der Waals surface area contributed by atoms with E-state index in [9.17, 15) is 4.79 Å². The van der Waals surface area contributed by atoms with Crippen LogP contribution in [0.4, 0.5) is 5.13 Å². The van der Waals surface area contributed by atoms with Gasteiger partial charge in [-0.15, -0.1) is 11.3 Å². The number of carbonyl (C=O) groups is 1. The molecule has 0 aliphatic carbocycles. The summed E-state index contributed by atoms with van der Waals surface area (Å²) < 4.78 is 1.99. The van der Waals surface area contributed by atoms with Crippen molar-refractivity contribution in [3.05, 3.63) is 46.4 Å². The molecule has 1 aliphatic heterocycles. The molecular weight excluding hydrogens is 310 g/mol. The highest BCUT2D eigenvalue weighted by atomic mass is 32.1. The summed E-state index contributed by atoms with van der Waals surface area (Å²) >= 11 is 1.48. The first-order valence-electron chi connectivity index (χ1n) is 7.55. The first kappa shape index (κ1) is 14.2. The molecule has 0 radical (unpaired) electrons. The molecule has 0 unspecified atom stereocenters. The Morgan fingerprint density at radius 3 is 3.22 bits per heavy atom. The van der Waals surface area contributed by atoms with Crippen molar-refractivity contribution < 1.29 is 4.79 Å². The molecule has 0 aromatic carbocycles. The smallest absolute Gasteiger partial charge is 0.228 e. The van der Waals surface area contributed by atoms with Crippen LogP contribution in [0.5, 0.6) is 0 Å². The minimum absolute atomic E-state index is 0.117. The molecule has 23 heavy (non-hydrogen) atoms. The zero-order valence-electron chi connectivity index (χ0n) is 12.8. The van der Waals surface area contributed by atoms with E-state index in [0.717, 1.165) is 33.9 Å². The summed E-state index contributed by atoms with van der Waals surface area (Å²) in [6.07, 6.45) is 4.88. The molecule has 0 spiro atoms. The van der Waals surface area contributed by atoms with Crippen molar-refractivity contribution in [2.75, 3.05) is 12.3 Å². The fraction of sp³-hybridized carbons (Fsp3) is 0.312. The number of imidazole rings is 1. The monoisotopic (exact) mass is 327 g/mol. The van der Waals surface area contributed by atoms with Gasteiger partial charge in [-0.3, -0.25) is 4.79 Å². The van der Waals surface area contributed by atoms with Gasteiger partial charge in [0.05, 0.1) is 24.4 Å². The van der Waals surface area contributed by atoms with Crippen molar-refractivity contribution in [1.29, 1.82) is 0 Å². The highest BCUT2D eigenvalue weighted by molar-refractivity contribution is 7.15. The van der Waals surface area contributed by atoms with Crippen LogP contribution >= 0.6 is 11.3 Å². The van der Waals surface area contributed by atoms with E-state index in [4.69, 9.17) is 5.73 Å². The van der Waals surface area contributed by atoms with E-state index in [1.807, 2.05) is 34.6 Å². The van der Waals surface area contributed by atoms with Gasteiger partial charge >= 0.3 is 0 Å². The van der Waals surface area contributed by atoms with Crippen molar-refractivity contribution in [3.63, 3.8) is 0 Å². The summed E-state index contributed by atoms with van der Waals surface area (Å²) in [4.78, 5) is 24.4. The standard InChI is InChI=1S/C16H17N5OS/c1-10-3-2-5-21-11(8-18-15(10)21)7-14(22)20-6-4-12-13(9-20)23-16(17)19-12/h2-3,5,8H,4,6-7,9H2,1H3,(H2,17,19). The van der Waals surface area contributed by atoms with Crippen LogP contribution in [0.25, 0.3) is 5.65 Å². The zero-order chi connectivity index (χ0) is 16.0. The molecule has 118 valence electrons. The Kier molecular flexibility index (Phi) is 3.30. The maximum Gasteiger partial charge on any atom is 0.228 e.